The molecule has 0 spiro atoms. The maximum absolute atomic E-state index is 11.1. The normalized spacial score (nSPS) is 11.2. The van der Waals surface area contributed by atoms with Crippen LogP contribution < -0.4 is 0 Å². The topological polar surface area (TPSA) is 20.2 Å². The summed E-state index contributed by atoms with van der Waals surface area (Å²) in [5, 5.41) is 11.1. The number of hydrogen-bond donors (Lipinski definition) is 1. The van der Waals surface area contributed by atoms with Crippen molar-refractivity contribution < 1.29 is 5.11 Å². The zero-order valence-electron chi connectivity index (χ0n) is 21.8. The van der Waals surface area contributed by atoms with Crippen molar-refractivity contribution in [3.05, 3.63) is 64.7 Å². The van der Waals surface area contributed by atoms with Crippen molar-refractivity contribution in [3.8, 4) is 5.75 Å². The molecule has 0 saturated carbocycles. The maximum atomic E-state index is 11.1. The Labute approximate surface area is 218 Å². The Morgan fingerprint density at radius 2 is 1.12 bits per heavy atom. The van der Waals surface area contributed by atoms with E-state index in [2.05, 4.69) is 68.1 Å². The molecule has 0 amide bonds. The van der Waals surface area contributed by atoms with Gasteiger partial charge >= 0.3 is 0 Å². The van der Waals surface area contributed by atoms with Gasteiger partial charge in [0.2, 0.25) is 0 Å². The standard InChI is InChI=1S/C31H48OS2/c1-3-5-7-9-11-16-20-33-25-28-23-29(22-27-18-14-13-15-19-27)31(32)30(24-28)26-34-21-17-12-10-8-6-4-2/h13-15,18-19,23-24,32H,3-12,16-17,20-22,25-26H2,1-2H3. The van der Waals surface area contributed by atoms with Crippen molar-refractivity contribution in [2.24, 2.45) is 0 Å². The van der Waals surface area contributed by atoms with E-state index in [9.17, 15) is 5.11 Å². The molecule has 0 heterocycles. The molecule has 3 heteroatoms. The second-order valence-corrected chi connectivity index (χ2v) is 11.8. The largest absolute Gasteiger partial charge is 0.507 e. The van der Waals surface area contributed by atoms with Crippen LogP contribution in [0, 0.1) is 0 Å². The van der Waals surface area contributed by atoms with Crippen molar-refractivity contribution in [1.29, 1.82) is 0 Å². The molecular formula is C31H48OS2. The van der Waals surface area contributed by atoms with Crippen molar-refractivity contribution in [2.45, 2.75) is 109 Å². The van der Waals surface area contributed by atoms with Crippen LogP contribution in [0.1, 0.15) is 113 Å². The average molecular weight is 501 g/mol. The third-order valence-corrected chi connectivity index (χ3v) is 8.58. The first-order valence-electron chi connectivity index (χ1n) is 13.8. The fourth-order valence-electron chi connectivity index (χ4n) is 4.32. The number of phenols is 1. The molecule has 0 aromatic heterocycles. The van der Waals surface area contributed by atoms with Gasteiger partial charge in [-0.15, -0.1) is 0 Å². The molecule has 0 saturated heterocycles. The Morgan fingerprint density at radius 3 is 1.74 bits per heavy atom. The molecule has 0 atom stereocenters. The highest BCUT2D eigenvalue weighted by Gasteiger charge is 2.11. The number of thioether (sulfide) groups is 2. The van der Waals surface area contributed by atoms with Gasteiger partial charge in [-0.2, -0.15) is 23.5 Å². The Bertz CT molecular complexity index is 760. The Balaban J connectivity index is 1.89. The van der Waals surface area contributed by atoms with Gasteiger partial charge in [-0.05, 0) is 41.0 Å². The molecule has 2 rings (SSSR count). The fourth-order valence-corrected chi connectivity index (χ4v) is 6.26. The van der Waals surface area contributed by atoms with Gasteiger partial charge in [0.05, 0.1) is 0 Å². The van der Waals surface area contributed by atoms with Gasteiger partial charge in [-0.1, -0.05) is 121 Å². The lowest BCUT2D eigenvalue weighted by atomic mass is 9.99. The summed E-state index contributed by atoms with van der Waals surface area (Å²) >= 11 is 4.04. The van der Waals surface area contributed by atoms with Crippen LogP contribution in [0.4, 0.5) is 0 Å². The van der Waals surface area contributed by atoms with Crippen LogP contribution in [0.2, 0.25) is 0 Å². The van der Waals surface area contributed by atoms with Gasteiger partial charge in [-0.25, -0.2) is 0 Å². The van der Waals surface area contributed by atoms with Crippen LogP contribution in [-0.2, 0) is 17.9 Å². The van der Waals surface area contributed by atoms with Crippen LogP contribution >= 0.6 is 23.5 Å². The smallest absolute Gasteiger partial charge is 0.123 e. The molecule has 2 aromatic rings. The molecule has 0 radical (unpaired) electrons. The molecule has 2 aromatic carbocycles. The lowest BCUT2D eigenvalue weighted by molar-refractivity contribution is 0.464. The van der Waals surface area contributed by atoms with Crippen molar-refractivity contribution >= 4 is 23.5 Å². The lowest BCUT2D eigenvalue weighted by Crippen LogP contribution is -1.97. The van der Waals surface area contributed by atoms with Crippen LogP contribution in [-0.4, -0.2) is 16.6 Å². The first-order chi connectivity index (χ1) is 16.7. The van der Waals surface area contributed by atoms with E-state index in [1.807, 2.05) is 11.8 Å². The third kappa shape index (κ3) is 12.6. The number of phenolic OH excluding ortho intramolecular Hbond substituents is 1. The zero-order chi connectivity index (χ0) is 24.3. The van der Waals surface area contributed by atoms with Crippen LogP contribution in [0.25, 0.3) is 0 Å². The van der Waals surface area contributed by atoms with Crippen LogP contribution in [0.15, 0.2) is 42.5 Å². The first kappa shape index (κ1) is 29.2. The van der Waals surface area contributed by atoms with E-state index < -0.39 is 0 Å². The molecule has 1 N–H and O–H groups in total. The first-order valence-corrected chi connectivity index (χ1v) is 16.1. The van der Waals surface area contributed by atoms with Gasteiger partial charge in [0, 0.05) is 23.5 Å². The molecule has 0 bridgehead atoms. The van der Waals surface area contributed by atoms with E-state index in [-0.39, 0.29) is 0 Å². The number of benzene rings is 2. The highest BCUT2D eigenvalue weighted by Crippen LogP contribution is 2.32. The Hall–Kier alpha value is -1.06. The molecule has 0 aliphatic carbocycles. The van der Waals surface area contributed by atoms with Crippen molar-refractivity contribution in [2.75, 3.05) is 11.5 Å². The van der Waals surface area contributed by atoms with E-state index in [0.29, 0.717) is 5.75 Å². The Kier molecular flexibility index (Phi) is 16.4. The highest BCUT2D eigenvalue weighted by atomic mass is 32.2. The highest BCUT2D eigenvalue weighted by molar-refractivity contribution is 7.98. The predicted octanol–water partition coefficient (Wildman–Crippen LogP) is 10.2. The van der Waals surface area contributed by atoms with E-state index in [0.717, 1.165) is 29.1 Å². The molecular weight excluding hydrogens is 452 g/mol. The summed E-state index contributed by atoms with van der Waals surface area (Å²) in [5.41, 5.74) is 4.84. The second-order valence-electron chi connectivity index (χ2n) is 9.57. The minimum absolute atomic E-state index is 0.518. The SMILES string of the molecule is CCCCCCCCSCc1cc(CSCCCCCCCC)c(O)c(Cc2ccccc2)c1. The molecule has 190 valence electrons. The molecule has 0 unspecified atom stereocenters. The van der Waals surface area contributed by atoms with E-state index >= 15 is 0 Å². The number of aromatic hydroxyl groups is 1. The second kappa shape index (κ2) is 19.2. The molecule has 1 nitrogen and oxygen atoms in total. The maximum Gasteiger partial charge on any atom is 0.123 e. The molecule has 0 aliphatic heterocycles. The summed E-state index contributed by atoms with van der Waals surface area (Å²) < 4.78 is 0. The van der Waals surface area contributed by atoms with E-state index in [1.54, 1.807) is 0 Å². The number of hydrogen-bond acceptors (Lipinski definition) is 3. The monoisotopic (exact) mass is 500 g/mol. The minimum Gasteiger partial charge on any atom is -0.507 e. The van der Waals surface area contributed by atoms with Crippen LogP contribution in [0.3, 0.4) is 0 Å². The third-order valence-electron chi connectivity index (χ3n) is 6.38. The molecule has 34 heavy (non-hydrogen) atoms. The zero-order valence-corrected chi connectivity index (χ0v) is 23.5. The summed E-state index contributed by atoms with van der Waals surface area (Å²) in [6.07, 6.45) is 17.0. The summed E-state index contributed by atoms with van der Waals surface area (Å²) in [7, 11) is 0. The summed E-state index contributed by atoms with van der Waals surface area (Å²) in [4.78, 5) is 0. The molecule has 0 fully saturated rings. The van der Waals surface area contributed by atoms with Gasteiger partial charge in [-0.3, -0.25) is 0 Å². The molecule has 0 aliphatic rings. The van der Waals surface area contributed by atoms with Gasteiger partial charge in [0.25, 0.3) is 0 Å². The fraction of sp³-hybridized carbons (Fsp3) is 0.613. The quantitative estimate of drug-likeness (QED) is 0.183. The number of unbranched alkanes of at least 4 members (excludes halogenated alkanes) is 10. The van der Waals surface area contributed by atoms with E-state index in [1.165, 1.54) is 99.7 Å². The summed E-state index contributed by atoms with van der Waals surface area (Å²) in [6, 6.07) is 15.1. The van der Waals surface area contributed by atoms with Crippen molar-refractivity contribution in [1.82, 2.24) is 0 Å². The van der Waals surface area contributed by atoms with Gasteiger partial charge in [0.15, 0.2) is 0 Å². The van der Waals surface area contributed by atoms with Crippen molar-refractivity contribution in [3.63, 3.8) is 0 Å². The predicted molar refractivity (Wildman–Crippen MR) is 156 cm³/mol. The lowest BCUT2D eigenvalue weighted by Gasteiger charge is -2.14. The number of rotatable bonds is 20. The summed E-state index contributed by atoms with van der Waals surface area (Å²) in [6.45, 7) is 4.55. The van der Waals surface area contributed by atoms with Crippen LogP contribution in [0.5, 0.6) is 5.75 Å². The van der Waals surface area contributed by atoms with E-state index in [4.69, 9.17) is 0 Å². The average Bonchev–Trinajstić information content (AvgIpc) is 2.85. The van der Waals surface area contributed by atoms with Gasteiger partial charge in [0.1, 0.15) is 5.75 Å². The Morgan fingerprint density at radius 1 is 0.588 bits per heavy atom. The van der Waals surface area contributed by atoms with Gasteiger partial charge < -0.3 is 5.11 Å². The summed E-state index contributed by atoms with van der Waals surface area (Å²) in [5.74, 6) is 4.91. The minimum atomic E-state index is 0.518.